The molecule has 3 aromatic rings. The van der Waals surface area contributed by atoms with Crippen LogP contribution in [0.1, 0.15) is 34.0 Å². The van der Waals surface area contributed by atoms with E-state index in [2.05, 4.69) is 31.9 Å². The number of phenolic OH excluding ortho intramolecular Hbond substituents is 1. The molecule has 6 nitrogen and oxygen atoms in total. The molecule has 0 aliphatic rings. The molecule has 0 saturated heterocycles. The van der Waals surface area contributed by atoms with Gasteiger partial charge < -0.3 is 24.6 Å². The van der Waals surface area contributed by atoms with Crippen molar-refractivity contribution in [3.63, 3.8) is 0 Å². The summed E-state index contributed by atoms with van der Waals surface area (Å²) in [6.07, 6.45) is 0.153. The lowest BCUT2D eigenvalue weighted by molar-refractivity contribution is 0.0691. The summed E-state index contributed by atoms with van der Waals surface area (Å²) in [5.41, 5.74) is 0.959. The van der Waals surface area contributed by atoms with Crippen molar-refractivity contribution in [2.45, 2.75) is 18.7 Å². The van der Waals surface area contributed by atoms with Crippen LogP contribution in [0.3, 0.4) is 0 Å². The average molecular weight is 588 g/mol. The Morgan fingerprint density at radius 1 is 1.12 bits per heavy atom. The molecule has 0 spiro atoms. The Balaban J connectivity index is 1.91. The summed E-state index contributed by atoms with van der Waals surface area (Å²) < 4.78 is 32.0. The van der Waals surface area contributed by atoms with Crippen LogP contribution in [-0.4, -0.2) is 21.3 Å². The highest BCUT2D eigenvalue weighted by Gasteiger charge is 2.24. The molecule has 168 valence electrons. The molecular formula is C22H18Br2FO6P. The Labute approximate surface area is 201 Å². The molecule has 0 bridgehead atoms. The fourth-order valence-electron chi connectivity index (χ4n) is 2.97. The second kappa shape index (κ2) is 9.75. The number of hydrogen-bond donors (Lipinski definition) is 3. The summed E-state index contributed by atoms with van der Waals surface area (Å²) in [6.45, 7) is 1.46. The van der Waals surface area contributed by atoms with E-state index in [1.54, 1.807) is 24.3 Å². The van der Waals surface area contributed by atoms with Crippen molar-refractivity contribution in [2.24, 2.45) is 0 Å². The van der Waals surface area contributed by atoms with E-state index in [1.807, 2.05) is 0 Å². The van der Waals surface area contributed by atoms with E-state index in [0.29, 0.717) is 37.1 Å². The molecular weight excluding hydrogens is 570 g/mol. The van der Waals surface area contributed by atoms with E-state index >= 15 is 0 Å². The molecule has 3 N–H and O–H groups in total. The number of carbonyl (C=O) groups is 1. The highest BCUT2D eigenvalue weighted by atomic mass is 79.9. The number of phenols is 1. The minimum Gasteiger partial charge on any atom is -0.508 e. The van der Waals surface area contributed by atoms with Gasteiger partial charge in [0.15, 0.2) is 5.75 Å². The van der Waals surface area contributed by atoms with Gasteiger partial charge in [-0.05, 0) is 92.4 Å². The highest BCUT2D eigenvalue weighted by Crippen LogP contribution is 2.43. The zero-order valence-corrected chi connectivity index (χ0v) is 20.9. The Morgan fingerprint density at radius 2 is 1.78 bits per heavy atom. The lowest BCUT2D eigenvalue weighted by Crippen LogP contribution is -2.12. The number of halogens is 3. The first kappa shape index (κ1) is 24.5. The number of aliphatic hydroxyl groups is 1. The third-order valence-corrected chi connectivity index (χ3v) is 6.71. The predicted octanol–water partition coefficient (Wildman–Crippen LogP) is 6.06. The molecule has 0 radical (unpaired) electrons. The molecule has 3 aromatic carbocycles. The fourth-order valence-corrected chi connectivity index (χ4v) is 4.62. The lowest BCUT2D eigenvalue weighted by atomic mass is 10.0. The summed E-state index contributed by atoms with van der Waals surface area (Å²) in [7, 11) is -1.47. The highest BCUT2D eigenvalue weighted by molar-refractivity contribution is 9.11. The molecule has 0 aromatic heterocycles. The number of carboxylic acid groups (broad SMARTS) is 1. The van der Waals surface area contributed by atoms with E-state index in [0.717, 1.165) is 6.07 Å². The van der Waals surface area contributed by atoms with Crippen LogP contribution in [0.4, 0.5) is 4.39 Å². The van der Waals surface area contributed by atoms with Gasteiger partial charge in [-0.1, -0.05) is 6.07 Å². The van der Waals surface area contributed by atoms with Crippen molar-refractivity contribution in [3.8, 4) is 17.2 Å². The normalized spacial score (nSPS) is 13.3. The SMILES string of the molecule is CC(O)([PH2]=O)c1cc(Br)c(Oc2ccc(O)c(Cc3ccc(F)c(C(=O)O)c3)c2)c(Br)c1. The quantitative estimate of drug-likeness (QED) is 0.290. The van der Waals surface area contributed by atoms with E-state index in [9.17, 15) is 24.0 Å². The van der Waals surface area contributed by atoms with Crippen LogP contribution in [0.25, 0.3) is 0 Å². The number of aromatic carboxylic acids is 1. The van der Waals surface area contributed by atoms with Crippen LogP contribution in [0.15, 0.2) is 57.5 Å². The molecule has 0 fully saturated rings. The standard InChI is InChI=1S/C22H18Br2FO6P/c1-22(29,32-30)13-9-16(23)20(17(24)10-13)31-14-3-5-19(26)12(8-14)6-11-2-4-18(25)15(7-11)21(27)28/h2-5,7-10,26,29H,6,32H2,1H3,(H,27,28). The minimum absolute atomic E-state index is 0.0264. The monoisotopic (exact) mass is 586 g/mol. The van der Waals surface area contributed by atoms with E-state index in [4.69, 9.17) is 9.84 Å². The largest absolute Gasteiger partial charge is 0.508 e. The van der Waals surface area contributed by atoms with Gasteiger partial charge in [0, 0.05) is 12.0 Å². The van der Waals surface area contributed by atoms with E-state index in [-0.39, 0.29) is 12.2 Å². The topological polar surface area (TPSA) is 104 Å². The van der Waals surface area contributed by atoms with Crippen molar-refractivity contribution < 1.29 is 33.8 Å². The summed E-state index contributed by atoms with van der Waals surface area (Å²) in [5, 5.41) is 28.1. The van der Waals surface area contributed by atoms with Crippen molar-refractivity contribution in [2.75, 3.05) is 0 Å². The fraction of sp³-hybridized carbons (Fsp3) is 0.136. The summed E-state index contributed by atoms with van der Waals surface area (Å²) in [5.74, 6) is -1.45. The smallest absolute Gasteiger partial charge is 0.338 e. The van der Waals surface area contributed by atoms with Crippen molar-refractivity contribution in [1.82, 2.24) is 0 Å². The van der Waals surface area contributed by atoms with Gasteiger partial charge in [-0.25, -0.2) is 9.18 Å². The van der Waals surface area contributed by atoms with Crippen molar-refractivity contribution in [1.29, 1.82) is 0 Å². The van der Waals surface area contributed by atoms with Crippen LogP contribution in [0.5, 0.6) is 17.2 Å². The number of carboxylic acids is 1. The third-order valence-electron chi connectivity index (χ3n) is 4.74. The molecule has 2 atom stereocenters. The van der Waals surface area contributed by atoms with Crippen LogP contribution in [0, 0.1) is 5.82 Å². The van der Waals surface area contributed by atoms with Gasteiger partial charge in [0.05, 0.1) is 23.0 Å². The maximum atomic E-state index is 13.7. The number of benzene rings is 3. The number of aromatic hydroxyl groups is 1. The first-order valence-corrected chi connectivity index (χ1v) is 11.8. The molecule has 0 amide bonds. The van der Waals surface area contributed by atoms with Crippen LogP contribution in [0.2, 0.25) is 0 Å². The number of rotatable bonds is 7. The summed E-state index contributed by atoms with van der Waals surface area (Å²) >= 11 is 6.79. The zero-order chi connectivity index (χ0) is 23.6. The van der Waals surface area contributed by atoms with Crippen LogP contribution < -0.4 is 4.74 Å². The van der Waals surface area contributed by atoms with Crippen molar-refractivity contribution in [3.05, 3.63) is 85.5 Å². The Kier molecular flexibility index (Phi) is 7.45. The van der Waals surface area contributed by atoms with E-state index < -0.39 is 31.2 Å². The van der Waals surface area contributed by atoms with Crippen LogP contribution in [-0.2, 0) is 16.3 Å². The van der Waals surface area contributed by atoms with Crippen LogP contribution >= 0.6 is 40.3 Å². The molecule has 3 rings (SSSR count). The van der Waals surface area contributed by atoms with E-state index in [1.165, 1.54) is 25.1 Å². The number of ether oxygens (including phenoxy) is 1. The summed E-state index contributed by atoms with van der Waals surface area (Å²) in [4.78, 5) is 11.2. The molecule has 0 aliphatic heterocycles. The first-order valence-electron chi connectivity index (χ1n) is 9.21. The summed E-state index contributed by atoms with van der Waals surface area (Å²) in [6, 6.07) is 11.5. The van der Waals surface area contributed by atoms with Gasteiger partial charge in [-0.3, -0.25) is 0 Å². The van der Waals surface area contributed by atoms with Crippen molar-refractivity contribution >= 4 is 46.3 Å². The second-order valence-corrected chi connectivity index (χ2v) is 10.3. The molecule has 0 saturated carbocycles. The zero-order valence-electron chi connectivity index (χ0n) is 16.6. The Morgan fingerprint density at radius 3 is 2.38 bits per heavy atom. The maximum Gasteiger partial charge on any atom is 0.338 e. The Bertz CT molecular complexity index is 1190. The maximum absolute atomic E-state index is 13.7. The Hall–Kier alpha value is -2.19. The minimum atomic E-state index is -1.47. The molecule has 0 aliphatic carbocycles. The average Bonchev–Trinajstić information content (AvgIpc) is 2.73. The molecule has 0 heterocycles. The molecule has 32 heavy (non-hydrogen) atoms. The van der Waals surface area contributed by atoms with Gasteiger partial charge in [0.1, 0.15) is 22.7 Å². The second-order valence-electron chi connectivity index (χ2n) is 7.22. The molecule has 10 heteroatoms. The van der Waals surface area contributed by atoms with Gasteiger partial charge >= 0.3 is 5.97 Å². The van der Waals surface area contributed by atoms with Gasteiger partial charge in [0.2, 0.25) is 0 Å². The lowest BCUT2D eigenvalue weighted by Gasteiger charge is -2.19. The number of hydrogen-bond acceptors (Lipinski definition) is 5. The van der Waals surface area contributed by atoms with Gasteiger partial charge in [-0.2, -0.15) is 0 Å². The van der Waals surface area contributed by atoms with Gasteiger partial charge in [0.25, 0.3) is 0 Å². The predicted molar refractivity (Wildman–Crippen MR) is 126 cm³/mol. The first-order chi connectivity index (χ1) is 15.0. The molecule has 2 unspecified atom stereocenters. The third kappa shape index (κ3) is 5.41. The van der Waals surface area contributed by atoms with Gasteiger partial charge in [-0.15, -0.1) is 0 Å².